The maximum atomic E-state index is 14.0. The number of ether oxygens (including phenoxy) is 1. The van der Waals surface area contributed by atoms with Crippen LogP contribution in [0, 0.1) is 11.8 Å². The lowest BCUT2D eigenvalue weighted by atomic mass is 9.71. The molecule has 3 heterocycles. The third kappa shape index (κ3) is 3.95. The fourth-order valence-corrected chi connectivity index (χ4v) is 8.28. The number of rotatable bonds is 9. The number of aliphatic hydroxyl groups excluding tert-OH is 1. The van der Waals surface area contributed by atoms with Crippen molar-refractivity contribution in [3.8, 4) is 0 Å². The van der Waals surface area contributed by atoms with E-state index in [1.807, 2.05) is 37.3 Å². The van der Waals surface area contributed by atoms with Crippen LogP contribution in [0.5, 0.6) is 0 Å². The zero-order valence-electron chi connectivity index (χ0n) is 19.5. The lowest BCUT2D eigenvalue weighted by Gasteiger charge is -2.37. The van der Waals surface area contributed by atoms with Gasteiger partial charge in [-0.05, 0) is 38.7 Å². The van der Waals surface area contributed by atoms with Crippen molar-refractivity contribution >= 4 is 29.5 Å². The minimum absolute atomic E-state index is 0.0205. The van der Waals surface area contributed by atoms with Crippen molar-refractivity contribution in [1.29, 1.82) is 0 Å². The Morgan fingerprint density at radius 2 is 2.03 bits per heavy atom. The average Bonchev–Trinajstić information content (AvgIpc) is 3.43. The minimum Gasteiger partial charge on any atom is -0.466 e. The number of hydrogen-bond acceptors (Lipinski definition) is 6. The number of carbonyl (C=O) groups is 3. The molecule has 0 saturated carbocycles. The fourth-order valence-electron chi connectivity index (χ4n) is 6.09. The van der Waals surface area contributed by atoms with E-state index in [0.717, 1.165) is 24.8 Å². The highest BCUT2D eigenvalue weighted by Crippen LogP contribution is 2.67. The van der Waals surface area contributed by atoms with Gasteiger partial charge < -0.3 is 20.1 Å². The van der Waals surface area contributed by atoms with Crippen LogP contribution < -0.4 is 5.32 Å². The SMILES string of the molecule is CCCC(C)NC(=O)C1N([C@H](CO)c2ccccc2)C(=O)[C@@H]2[C@@H](C(=O)OCC)[C@H]3CCC12S3. The van der Waals surface area contributed by atoms with Crippen molar-refractivity contribution in [3.63, 3.8) is 0 Å². The number of benzene rings is 1. The number of thioether (sulfide) groups is 1. The molecule has 3 saturated heterocycles. The molecule has 1 aromatic carbocycles. The predicted molar refractivity (Wildman–Crippen MR) is 126 cm³/mol. The van der Waals surface area contributed by atoms with Gasteiger partial charge in [-0.1, -0.05) is 43.7 Å². The molecule has 180 valence electrons. The van der Waals surface area contributed by atoms with Crippen molar-refractivity contribution in [2.24, 2.45) is 11.8 Å². The van der Waals surface area contributed by atoms with Gasteiger partial charge in [0.15, 0.2) is 0 Å². The number of nitrogens with zero attached hydrogens (tertiary/aromatic N) is 1. The van der Waals surface area contributed by atoms with Gasteiger partial charge in [-0.25, -0.2) is 0 Å². The highest BCUT2D eigenvalue weighted by atomic mass is 32.2. The molecule has 4 rings (SSSR count). The third-order valence-electron chi connectivity index (χ3n) is 7.35. The molecule has 33 heavy (non-hydrogen) atoms. The Labute approximate surface area is 199 Å². The quantitative estimate of drug-likeness (QED) is 0.535. The zero-order chi connectivity index (χ0) is 23.8. The van der Waals surface area contributed by atoms with E-state index in [1.54, 1.807) is 23.6 Å². The Morgan fingerprint density at radius 1 is 1.30 bits per heavy atom. The second kappa shape index (κ2) is 9.66. The summed E-state index contributed by atoms with van der Waals surface area (Å²) in [6, 6.07) is 7.89. The van der Waals surface area contributed by atoms with Crippen molar-refractivity contribution in [1.82, 2.24) is 10.2 Å². The molecule has 3 fully saturated rings. The van der Waals surface area contributed by atoms with Crippen LogP contribution in [-0.2, 0) is 19.1 Å². The van der Waals surface area contributed by atoms with Gasteiger partial charge in [-0.3, -0.25) is 14.4 Å². The molecule has 3 unspecified atom stereocenters. The van der Waals surface area contributed by atoms with Gasteiger partial charge in [0, 0.05) is 11.3 Å². The Hall–Kier alpha value is -2.06. The van der Waals surface area contributed by atoms with Crippen LogP contribution >= 0.6 is 11.8 Å². The molecular weight excluding hydrogens is 440 g/mol. The van der Waals surface area contributed by atoms with Crippen molar-refractivity contribution in [3.05, 3.63) is 35.9 Å². The van der Waals surface area contributed by atoms with E-state index < -0.39 is 28.7 Å². The largest absolute Gasteiger partial charge is 0.466 e. The maximum Gasteiger partial charge on any atom is 0.310 e. The summed E-state index contributed by atoms with van der Waals surface area (Å²) in [5, 5.41) is 13.5. The Bertz CT molecular complexity index is 896. The van der Waals surface area contributed by atoms with E-state index in [9.17, 15) is 19.5 Å². The normalized spacial score (nSPS) is 31.9. The molecule has 3 aliphatic heterocycles. The summed E-state index contributed by atoms with van der Waals surface area (Å²) in [6.07, 6.45) is 3.24. The number of fused-ring (bicyclic) bond motifs is 1. The maximum absolute atomic E-state index is 14.0. The first kappa shape index (κ1) is 24.1. The van der Waals surface area contributed by atoms with Crippen LogP contribution in [-0.4, -0.2) is 63.1 Å². The Balaban J connectivity index is 1.77. The lowest BCUT2D eigenvalue weighted by molar-refractivity contribution is -0.154. The standard InChI is InChI=1S/C25H34N2O5S/c1-4-9-15(3)26-22(29)21-25-13-12-18(33-25)19(24(31)32-5-2)20(25)23(30)27(21)17(14-28)16-10-7-6-8-11-16/h6-8,10-11,15,17-21,28H,4-5,9,12-14H2,1-3H3,(H,26,29)/t15?,17-,18-,19+,20+,21?,25?/m1/s1. The summed E-state index contributed by atoms with van der Waals surface area (Å²) in [5.74, 6) is -1.95. The third-order valence-corrected chi connectivity index (χ3v) is 9.30. The zero-order valence-corrected chi connectivity index (χ0v) is 20.3. The molecule has 7 atom stereocenters. The Morgan fingerprint density at radius 3 is 2.67 bits per heavy atom. The second-order valence-corrected chi connectivity index (χ2v) is 11.0. The summed E-state index contributed by atoms with van der Waals surface area (Å²) >= 11 is 1.61. The molecule has 2 amide bonds. The molecule has 7 nitrogen and oxygen atoms in total. The van der Waals surface area contributed by atoms with Crippen LogP contribution in [0.15, 0.2) is 30.3 Å². The van der Waals surface area contributed by atoms with Crippen LogP contribution in [0.25, 0.3) is 0 Å². The van der Waals surface area contributed by atoms with E-state index in [0.29, 0.717) is 6.42 Å². The molecule has 0 radical (unpaired) electrons. The first-order valence-corrected chi connectivity index (χ1v) is 12.9. The summed E-state index contributed by atoms with van der Waals surface area (Å²) in [4.78, 5) is 42.3. The number of aliphatic hydroxyl groups is 1. The van der Waals surface area contributed by atoms with E-state index in [2.05, 4.69) is 12.2 Å². The van der Waals surface area contributed by atoms with Gasteiger partial charge in [0.05, 0.1) is 35.8 Å². The van der Waals surface area contributed by atoms with Crippen LogP contribution in [0.1, 0.15) is 58.1 Å². The molecule has 0 aliphatic carbocycles. The summed E-state index contributed by atoms with van der Waals surface area (Å²) in [7, 11) is 0. The van der Waals surface area contributed by atoms with Gasteiger partial charge in [0.2, 0.25) is 11.8 Å². The van der Waals surface area contributed by atoms with Gasteiger partial charge >= 0.3 is 5.97 Å². The van der Waals surface area contributed by atoms with Crippen molar-refractivity contribution in [2.45, 2.75) is 74.6 Å². The Kier molecular flexibility index (Phi) is 7.05. The summed E-state index contributed by atoms with van der Waals surface area (Å²) in [5.41, 5.74) is 0.774. The molecule has 0 aromatic heterocycles. The van der Waals surface area contributed by atoms with Crippen LogP contribution in [0.4, 0.5) is 0 Å². The number of nitrogens with one attached hydrogen (secondary N) is 1. The average molecular weight is 475 g/mol. The first-order valence-electron chi connectivity index (χ1n) is 12.0. The monoisotopic (exact) mass is 474 g/mol. The molecule has 1 aromatic rings. The van der Waals surface area contributed by atoms with E-state index in [4.69, 9.17) is 4.74 Å². The van der Waals surface area contributed by atoms with Crippen molar-refractivity contribution < 1.29 is 24.2 Å². The summed E-state index contributed by atoms with van der Waals surface area (Å²) < 4.78 is 4.67. The molecule has 3 aliphatic rings. The fraction of sp³-hybridized carbons (Fsp3) is 0.640. The number of carbonyl (C=O) groups excluding carboxylic acids is 3. The van der Waals surface area contributed by atoms with E-state index in [1.165, 1.54) is 0 Å². The molecule has 1 spiro atoms. The highest BCUT2D eigenvalue weighted by Gasteiger charge is 2.74. The van der Waals surface area contributed by atoms with Crippen molar-refractivity contribution in [2.75, 3.05) is 13.2 Å². The van der Waals surface area contributed by atoms with E-state index in [-0.39, 0.29) is 42.3 Å². The van der Waals surface area contributed by atoms with Crippen LogP contribution in [0.2, 0.25) is 0 Å². The number of hydrogen-bond donors (Lipinski definition) is 2. The highest BCUT2D eigenvalue weighted by molar-refractivity contribution is 8.02. The predicted octanol–water partition coefficient (Wildman–Crippen LogP) is 2.68. The molecule has 2 N–H and O–H groups in total. The van der Waals surface area contributed by atoms with Gasteiger partial charge in [-0.2, -0.15) is 0 Å². The van der Waals surface area contributed by atoms with E-state index >= 15 is 0 Å². The molecule has 2 bridgehead atoms. The smallest absolute Gasteiger partial charge is 0.310 e. The number of esters is 1. The lowest BCUT2D eigenvalue weighted by Crippen LogP contribution is -2.55. The van der Waals surface area contributed by atoms with Gasteiger partial charge in [0.1, 0.15) is 6.04 Å². The minimum atomic E-state index is -0.749. The van der Waals surface area contributed by atoms with Gasteiger partial charge in [0.25, 0.3) is 0 Å². The number of likely N-dealkylation sites (tertiary alicyclic amines) is 1. The molecule has 8 heteroatoms. The van der Waals surface area contributed by atoms with Crippen LogP contribution in [0.3, 0.4) is 0 Å². The summed E-state index contributed by atoms with van der Waals surface area (Å²) in [6.45, 7) is 5.76. The van der Waals surface area contributed by atoms with Gasteiger partial charge in [-0.15, -0.1) is 11.8 Å². The first-order chi connectivity index (χ1) is 15.9. The topological polar surface area (TPSA) is 95.9 Å². The second-order valence-electron chi connectivity index (χ2n) is 9.36. The molecular formula is C25H34N2O5S. The number of amides is 2.